The van der Waals surface area contributed by atoms with Crippen molar-refractivity contribution >= 4 is 39.6 Å². The zero-order valence-corrected chi connectivity index (χ0v) is 18.3. The molecule has 5 nitrogen and oxygen atoms in total. The number of amides is 1. The minimum Gasteiger partial charge on any atom is -0.323 e. The van der Waals surface area contributed by atoms with Crippen LogP contribution in [0.15, 0.2) is 65.3 Å². The van der Waals surface area contributed by atoms with E-state index in [0.29, 0.717) is 5.69 Å². The molecule has 3 aromatic rings. The van der Waals surface area contributed by atoms with Crippen LogP contribution in [0, 0.1) is 5.82 Å². The maximum atomic E-state index is 14.0. The second-order valence-electron chi connectivity index (χ2n) is 7.50. The number of benzene rings is 2. The van der Waals surface area contributed by atoms with E-state index in [4.69, 9.17) is 0 Å². The summed E-state index contributed by atoms with van der Waals surface area (Å²) in [6, 6.07) is 12.2. The molecule has 4 rings (SSSR count). The van der Waals surface area contributed by atoms with Crippen LogP contribution < -0.4 is 5.32 Å². The quantitative estimate of drug-likeness (QED) is 0.634. The Labute approximate surface area is 182 Å². The van der Waals surface area contributed by atoms with Gasteiger partial charge < -0.3 is 5.32 Å². The Morgan fingerprint density at radius 2 is 1.94 bits per heavy atom. The highest BCUT2D eigenvalue weighted by Gasteiger charge is 2.26. The lowest BCUT2D eigenvalue weighted by atomic mass is 10.0. The zero-order valence-electron chi connectivity index (χ0n) is 17.5. The summed E-state index contributed by atoms with van der Waals surface area (Å²) in [5.74, 6) is -0.527. The minimum atomic E-state index is -1.04. The van der Waals surface area contributed by atoms with E-state index in [-0.39, 0.29) is 18.1 Å². The number of hydrogen-bond donors (Lipinski definition) is 1. The molecule has 1 aromatic heterocycles. The first kappa shape index (κ1) is 20.9. The smallest absolute Gasteiger partial charge is 0.228 e. The predicted molar refractivity (Wildman–Crippen MR) is 122 cm³/mol. The van der Waals surface area contributed by atoms with Crippen molar-refractivity contribution in [3.8, 4) is 0 Å². The summed E-state index contributed by atoms with van der Waals surface area (Å²) in [6.45, 7) is 1.95. The highest BCUT2D eigenvalue weighted by Crippen LogP contribution is 2.44. The van der Waals surface area contributed by atoms with E-state index >= 15 is 0 Å². The zero-order chi connectivity index (χ0) is 22.1. The molecule has 31 heavy (non-hydrogen) atoms. The van der Waals surface area contributed by atoms with Gasteiger partial charge in [-0.25, -0.2) is 4.39 Å². The molecule has 1 heterocycles. The van der Waals surface area contributed by atoms with E-state index in [2.05, 4.69) is 10.4 Å². The summed E-state index contributed by atoms with van der Waals surface area (Å²) in [5, 5.41) is 6.89. The Bertz CT molecular complexity index is 1260. The largest absolute Gasteiger partial charge is 0.323 e. The Hall–Kier alpha value is -3.32. The van der Waals surface area contributed by atoms with Crippen molar-refractivity contribution in [2.24, 2.45) is 7.05 Å². The van der Waals surface area contributed by atoms with Crippen molar-refractivity contribution in [3.63, 3.8) is 0 Å². The average molecular weight is 436 g/mol. The predicted octanol–water partition coefficient (Wildman–Crippen LogP) is 4.65. The molecule has 0 aliphatic heterocycles. The molecular weight excluding hydrogens is 413 g/mol. The first-order valence-corrected chi connectivity index (χ1v) is 11.3. The van der Waals surface area contributed by atoms with Gasteiger partial charge in [0.1, 0.15) is 5.82 Å². The van der Waals surface area contributed by atoms with Gasteiger partial charge >= 0.3 is 0 Å². The standard InChI is InChI=1S/C24H22FN3O2S/c1-15-21(10-16-4-7-19(8-5-16)31(3)30)20-9-6-17(25)11-23(20)22(15)12-24(29)27-18-13-26-28(2)14-18/h4-11,13-14H,12H2,1-3H3,(H,27,29). The molecule has 0 saturated heterocycles. The number of nitrogens with one attached hydrogen (secondary N) is 1. The van der Waals surface area contributed by atoms with Crippen molar-refractivity contribution < 1.29 is 13.4 Å². The molecule has 1 amide bonds. The number of allylic oxidation sites excluding steroid dienone is 2. The minimum absolute atomic E-state index is 0.127. The van der Waals surface area contributed by atoms with Crippen molar-refractivity contribution in [1.29, 1.82) is 0 Å². The van der Waals surface area contributed by atoms with Gasteiger partial charge in [0.15, 0.2) is 0 Å². The number of fused-ring (bicyclic) bond motifs is 1. The number of nitrogens with zero attached hydrogens (tertiary/aromatic N) is 2. The number of aryl methyl sites for hydroxylation is 1. The SMILES string of the molecule is CC1=C(CC(=O)Nc2cnn(C)c2)c2cc(F)ccc2C1=Cc1ccc(S(C)=O)cc1. The molecule has 1 aliphatic rings. The summed E-state index contributed by atoms with van der Waals surface area (Å²) >= 11 is 0. The van der Waals surface area contributed by atoms with Gasteiger partial charge in [-0.3, -0.25) is 13.7 Å². The van der Waals surface area contributed by atoms with Crippen LogP contribution >= 0.6 is 0 Å². The van der Waals surface area contributed by atoms with Gasteiger partial charge in [0.2, 0.25) is 5.91 Å². The normalized spacial score (nSPS) is 15.3. The van der Waals surface area contributed by atoms with Crippen LogP contribution in [0.2, 0.25) is 0 Å². The van der Waals surface area contributed by atoms with Crippen molar-refractivity contribution in [2.45, 2.75) is 18.2 Å². The second-order valence-corrected chi connectivity index (χ2v) is 8.88. The van der Waals surface area contributed by atoms with Gasteiger partial charge in [-0.1, -0.05) is 18.2 Å². The van der Waals surface area contributed by atoms with Crippen LogP contribution in [-0.4, -0.2) is 26.2 Å². The summed E-state index contributed by atoms with van der Waals surface area (Å²) in [4.78, 5) is 13.4. The number of halogens is 1. The van der Waals surface area contributed by atoms with Gasteiger partial charge in [-0.15, -0.1) is 0 Å². The Morgan fingerprint density at radius 1 is 1.19 bits per heavy atom. The molecule has 0 saturated carbocycles. The topological polar surface area (TPSA) is 64.0 Å². The molecular formula is C24H22FN3O2S. The number of hydrogen-bond acceptors (Lipinski definition) is 3. The van der Waals surface area contributed by atoms with Gasteiger partial charge in [-0.05, 0) is 70.7 Å². The van der Waals surface area contributed by atoms with Gasteiger partial charge in [0, 0.05) is 35.2 Å². The maximum absolute atomic E-state index is 14.0. The van der Waals surface area contributed by atoms with Crippen LogP contribution in [0.25, 0.3) is 17.2 Å². The van der Waals surface area contributed by atoms with Crippen LogP contribution in [0.4, 0.5) is 10.1 Å². The van der Waals surface area contributed by atoms with Crippen LogP contribution in [0.5, 0.6) is 0 Å². The van der Waals surface area contributed by atoms with E-state index in [1.54, 1.807) is 36.4 Å². The number of anilines is 1. The Kier molecular flexibility index (Phi) is 5.69. The highest BCUT2D eigenvalue weighted by atomic mass is 32.2. The molecule has 0 radical (unpaired) electrons. The number of carbonyl (C=O) groups excluding carboxylic acids is 1. The Balaban J connectivity index is 1.68. The number of carbonyl (C=O) groups is 1. The molecule has 7 heteroatoms. The third-order valence-corrected chi connectivity index (χ3v) is 6.24. The van der Waals surface area contributed by atoms with E-state index in [1.807, 2.05) is 37.3 Å². The first-order chi connectivity index (χ1) is 14.8. The molecule has 1 atom stereocenters. The third-order valence-electron chi connectivity index (χ3n) is 5.30. The van der Waals surface area contributed by atoms with Crippen LogP contribution in [0.3, 0.4) is 0 Å². The molecule has 0 bridgehead atoms. The lowest BCUT2D eigenvalue weighted by Crippen LogP contribution is -2.11. The van der Waals surface area contributed by atoms with E-state index in [0.717, 1.165) is 38.3 Å². The summed E-state index contributed by atoms with van der Waals surface area (Å²) < 4.78 is 27.3. The lowest BCUT2D eigenvalue weighted by Gasteiger charge is -2.07. The van der Waals surface area contributed by atoms with Crippen LogP contribution in [-0.2, 0) is 22.6 Å². The van der Waals surface area contributed by atoms with Gasteiger partial charge in [-0.2, -0.15) is 5.10 Å². The number of aromatic nitrogens is 2. The van der Waals surface area contributed by atoms with Crippen LogP contribution in [0.1, 0.15) is 30.0 Å². The molecule has 0 spiro atoms. The van der Waals surface area contributed by atoms with Crippen molar-refractivity contribution in [2.75, 3.05) is 11.6 Å². The van der Waals surface area contributed by atoms with Gasteiger partial charge in [0.05, 0.1) is 18.3 Å². The van der Waals surface area contributed by atoms with E-state index in [9.17, 15) is 13.4 Å². The third kappa shape index (κ3) is 4.41. The first-order valence-electron chi connectivity index (χ1n) is 9.76. The highest BCUT2D eigenvalue weighted by molar-refractivity contribution is 7.84. The molecule has 1 unspecified atom stereocenters. The Morgan fingerprint density at radius 3 is 2.58 bits per heavy atom. The average Bonchev–Trinajstić information content (AvgIpc) is 3.24. The van der Waals surface area contributed by atoms with E-state index in [1.165, 1.54) is 12.1 Å². The van der Waals surface area contributed by atoms with Crippen molar-refractivity contribution in [3.05, 3.63) is 82.9 Å². The fourth-order valence-electron chi connectivity index (χ4n) is 3.76. The lowest BCUT2D eigenvalue weighted by molar-refractivity contribution is -0.115. The van der Waals surface area contributed by atoms with Gasteiger partial charge in [0.25, 0.3) is 0 Å². The molecule has 2 aromatic carbocycles. The van der Waals surface area contributed by atoms with Crippen molar-refractivity contribution in [1.82, 2.24) is 9.78 Å². The molecule has 158 valence electrons. The van der Waals surface area contributed by atoms with E-state index < -0.39 is 10.8 Å². The fourth-order valence-corrected chi connectivity index (χ4v) is 4.27. The molecule has 1 N–H and O–H groups in total. The second kappa shape index (κ2) is 8.43. The fraction of sp³-hybridized carbons (Fsp3) is 0.167. The molecule has 1 aliphatic carbocycles. The summed E-state index contributed by atoms with van der Waals surface area (Å²) in [6.07, 6.45) is 7.09. The number of rotatable bonds is 5. The maximum Gasteiger partial charge on any atom is 0.228 e. The summed E-state index contributed by atoms with van der Waals surface area (Å²) in [5.41, 5.74) is 5.87. The monoisotopic (exact) mass is 435 g/mol. The molecule has 0 fully saturated rings. The summed E-state index contributed by atoms with van der Waals surface area (Å²) in [7, 11) is 0.741.